The second-order valence-corrected chi connectivity index (χ2v) is 7.87. The Labute approximate surface area is 151 Å². The van der Waals surface area contributed by atoms with E-state index in [0.717, 1.165) is 5.82 Å². The molecule has 0 bridgehead atoms. The molecule has 0 spiro atoms. The predicted molar refractivity (Wildman–Crippen MR) is 99.1 cm³/mol. The minimum absolute atomic E-state index is 0.239. The minimum atomic E-state index is -2.82. The molecule has 6 nitrogen and oxygen atoms in total. The molecule has 0 unspecified atom stereocenters. The van der Waals surface area contributed by atoms with Crippen LogP contribution in [0.25, 0.3) is 0 Å². The first kappa shape index (κ1) is 17.6. The van der Waals surface area contributed by atoms with Gasteiger partial charge in [0.1, 0.15) is 11.5 Å². The molecular formula is C19H16N4O2S. The van der Waals surface area contributed by atoms with Crippen molar-refractivity contribution in [2.24, 2.45) is 4.36 Å². The maximum absolute atomic E-state index is 12.7. The zero-order valence-electron chi connectivity index (χ0n) is 14.3. The first-order valence-corrected chi connectivity index (χ1v) is 9.66. The molecule has 130 valence electrons. The molecule has 0 saturated carbocycles. The number of amides is 1. The van der Waals surface area contributed by atoms with Gasteiger partial charge in [0.2, 0.25) is 0 Å². The van der Waals surface area contributed by atoms with Crippen LogP contribution in [0.1, 0.15) is 27.4 Å². The Morgan fingerprint density at radius 2 is 1.92 bits per heavy atom. The Kier molecular flexibility index (Phi) is 4.96. The van der Waals surface area contributed by atoms with E-state index in [1.165, 1.54) is 12.5 Å². The van der Waals surface area contributed by atoms with E-state index in [4.69, 9.17) is 0 Å². The number of imidazole rings is 1. The molecule has 0 radical (unpaired) electrons. The number of nitrogens with one attached hydrogen (secondary N) is 1. The van der Waals surface area contributed by atoms with Crippen LogP contribution in [0.3, 0.4) is 0 Å². The molecule has 0 aliphatic heterocycles. The van der Waals surface area contributed by atoms with Crippen LogP contribution in [-0.4, -0.2) is 31.3 Å². The fraction of sp³-hybridized carbons (Fsp3) is 0.105. The lowest BCUT2D eigenvalue weighted by Crippen LogP contribution is -2.04. The number of hydrogen-bond acceptors (Lipinski definition) is 4. The lowest BCUT2D eigenvalue weighted by Gasteiger charge is -2.03. The number of nitrogens with zero attached hydrogens (tertiary/aromatic N) is 3. The molecule has 1 aromatic carbocycles. The third-order valence-corrected chi connectivity index (χ3v) is 5.13. The Balaban J connectivity index is 1.88. The fourth-order valence-corrected chi connectivity index (χ4v) is 3.38. The van der Waals surface area contributed by atoms with Crippen molar-refractivity contribution in [3.05, 3.63) is 77.6 Å². The number of hydrogen-bond donors (Lipinski definition) is 1. The molecule has 7 heteroatoms. The van der Waals surface area contributed by atoms with Gasteiger partial charge in [0.05, 0.1) is 21.5 Å². The van der Waals surface area contributed by atoms with E-state index < -0.39 is 15.6 Å². The van der Waals surface area contributed by atoms with Gasteiger partial charge < -0.3 is 4.98 Å². The Morgan fingerprint density at radius 3 is 2.62 bits per heavy atom. The molecule has 1 amide bonds. The molecule has 0 aliphatic rings. The van der Waals surface area contributed by atoms with Crippen LogP contribution in [0.2, 0.25) is 0 Å². The average Bonchev–Trinajstić information content (AvgIpc) is 3.06. The van der Waals surface area contributed by atoms with E-state index in [0.29, 0.717) is 16.2 Å². The molecule has 0 aliphatic carbocycles. The lowest BCUT2D eigenvalue weighted by molar-refractivity contribution is 0.100. The summed E-state index contributed by atoms with van der Waals surface area (Å²) in [6.07, 6.45) is 6.01. The van der Waals surface area contributed by atoms with Gasteiger partial charge in [-0.05, 0) is 31.0 Å². The molecular weight excluding hydrogens is 348 g/mol. The second-order valence-electron chi connectivity index (χ2n) is 5.61. The van der Waals surface area contributed by atoms with E-state index in [2.05, 4.69) is 31.2 Å². The number of rotatable bonds is 2. The molecule has 26 heavy (non-hydrogen) atoms. The second kappa shape index (κ2) is 7.33. The summed E-state index contributed by atoms with van der Waals surface area (Å²) in [5.74, 6) is 6.01. The van der Waals surface area contributed by atoms with Crippen molar-refractivity contribution in [1.82, 2.24) is 15.0 Å². The quantitative estimate of drug-likeness (QED) is 0.708. The van der Waals surface area contributed by atoms with Gasteiger partial charge >= 0.3 is 0 Å². The molecule has 0 saturated heterocycles. The van der Waals surface area contributed by atoms with Gasteiger partial charge in [-0.3, -0.25) is 9.78 Å². The molecule has 3 rings (SSSR count). The summed E-state index contributed by atoms with van der Waals surface area (Å²) in [6.45, 7) is 1.84. The summed E-state index contributed by atoms with van der Waals surface area (Å²) in [5, 5.41) is 0. The number of aryl methyl sites for hydroxylation is 1. The van der Waals surface area contributed by atoms with E-state index in [9.17, 15) is 9.00 Å². The Bertz CT molecular complexity index is 1130. The molecule has 3 aromatic rings. The van der Waals surface area contributed by atoms with E-state index in [1.54, 1.807) is 42.7 Å². The van der Waals surface area contributed by atoms with Crippen LogP contribution < -0.4 is 0 Å². The highest BCUT2D eigenvalue weighted by Crippen LogP contribution is 2.13. The van der Waals surface area contributed by atoms with Crippen molar-refractivity contribution in [2.45, 2.75) is 11.8 Å². The molecule has 0 fully saturated rings. The summed E-state index contributed by atoms with van der Waals surface area (Å²) in [6, 6.07) is 10.3. The van der Waals surface area contributed by atoms with Crippen LogP contribution >= 0.6 is 0 Å². The fourth-order valence-electron chi connectivity index (χ4n) is 2.19. The zero-order chi connectivity index (χ0) is 18.6. The van der Waals surface area contributed by atoms with Gasteiger partial charge in [-0.1, -0.05) is 24.1 Å². The lowest BCUT2D eigenvalue weighted by atomic mass is 10.2. The van der Waals surface area contributed by atoms with Gasteiger partial charge in [0.15, 0.2) is 0 Å². The SMILES string of the molecule is Cc1ncc(C#Cc2cncc(C(=O)N=[S@@](C)(=O)c3ccccc3)c2)[nH]1. The zero-order valence-corrected chi connectivity index (χ0v) is 15.1. The first-order valence-electron chi connectivity index (χ1n) is 7.74. The van der Waals surface area contributed by atoms with Gasteiger partial charge in [-0.15, -0.1) is 0 Å². The van der Waals surface area contributed by atoms with Crippen LogP contribution in [0.4, 0.5) is 0 Å². The van der Waals surface area contributed by atoms with Gasteiger partial charge in [-0.2, -0.15) is 4.36 Å². The number of carbonyl (C=O) groups excluding carboxylic acids is 1. The number of aromatic nitrogens is 3. The third-order valence-electron chi connectivity index (χ3n) is 3.47. The van der Waals surface area contributed by atoms with Gasteiger partial charge in [-0.25, -0.2) is 9.19 Å². The largest absolute Gasteiger partial charge is 0.336 e. The summed E-state index contributed by atoms with van der Waals surface area (Å²) in [7, 11) is -2.82. The Hall–Kier alpha value is -3.24. The van der Waals surface area contributed by atoms with Crippen LogP contribution in [-0.2, 0) is 9.73 Å². The number of pyridine rings is 1. The maximum atomic E-state index is 12.7. The normalized spacial score (nSPS) is 12.5. The smallest absolute Gasteiger partial charge is 0.286 e. The van der Waals surface area contributed by atoms with Crippen molar-refractivity contribution in [3.63, 3.8) is 0 Å². The first-order chi connectivity index (χ1) is 12.4. The Morgan fingerprint density at radius 1 is 1.15 bits per heavy atom. The highest BCUT2D eigenvalue weighted by atomic mass is 32.2. The number of aromatic amines is 1. The topological polar surface area (TPSA) is 88.1 Å². The number of benzene rings is 1. The maximum Gasteiger partial charge on any atom is 0.286 e. The summed E-state index contributed by atoms with van der Waals surface area (Å²) < 4.78 is 16.6. The van der Waals surface area contributed by atoms with E-state index in [-0.39, 0.29) is 5.56 Å². The van der Waals surface area contributed by atoms with Crippen molar-refractivity contribution in [3.8, 4) is 11.8 Å². The highest BCUT2D eigenvalue weighted by molar-refractivity contribution is 7.93. The van der Waals surface area contributed by atoms with Crippen molar-refractivity contribution in [2.75, 3.05) is 6.26 Å². The average molecular weight is 364 g/mol. The summed E-state index contributed by atoms with van der Waals surface area (Å²) in [4.78, 5) is 24.0. The van der Waals surface area contributed by atoms with Crippen LogP contribution in [0, 0.1) is 18.8 Å². The predicted octanol–water partition coefficient (Wildman–Crippen LogP) is 2.81. The minimum Gasteiger partial charge on any atom is -0.336 e. The van der Waals surface area contributed by atoms with Gasteiger partial charge in [0.25, 0.3) is 5.91 Å². The molecule has 1 N–H and O–H groups in total. The monoisotopic (exact) mass is 364 g/mol. The van der Waals surface area contributed by atoms with Crippen molar-refractivity contribution in [1.29, 1.82) is 0 Å². The molecule has 2 heterocycles. The van der Waals surface area contributed by atoms with Crippen LogP contribution in [0.5, 0.6) is 0 Å². The third kappa shape index (κ3) is 4.23. The molecule has 2 aromatic heterocycles. The summed E-state index contributed by atoms with van der Waals surface area (Å²) in [5.41, 5.74) is 1.47. The van der Waals surface area contributed by atoms with Crippen molar-refractivity contribution >= 4 is 15.6 Å². The number of carbonyl (C=O) groups is 1. The summed E-state index contributed by atoms with van der Waals surface area (Å²) >= 11 is 0. The van der Waals surface area contributed by atoms with E-state index in [1.807, 2.05) is 13.0 Å². The highest BCUT2D eigenvalue weighted by Gasteiger charge is 2.11. The number of H-pyrrole nitrogens is 1. The van der Waals surface area contributed by atoms with Crippen molar-refractivity contribution < 1.29 is 9.00 Å². The molecule has 1 atom stereocenters. The standard InChI is InChI=1S/C19H16N4O2S/c1-14-21-13-17(22-14)9-8-15-10-16(12-20-11-15)19(24)23-26(2,25)18-6-4-3-5-7-18/h3-7,10-13H,1-2H3,(H,21,22)/t26-/m0/s1. The van der Waals surface area contributed by atoms with Gasteiger partial charge in [0, 0.05) is 29.1 Å². The van der Waals surface area contributed by atoms with E-state index >= 15 is 0 Å². The van der Waals surface area contributed by atoms with Crippen LogP contribution in [0.15, 0.2) is 64.2 Å².